The monoisotopic (exact) mass is 980 g/mol. The van der Waals surface area contributed by atoms with E-state index in [-0.39, 0.29) is 0 Å². The molecule has 0 N–H and O–H groups in total. The number of thiophene rings is 7. The van der Waals surface area contributed by atoms with Gasteiger partial charge in [-0.15, -0.1) is 79.4 Å². The van der Waals surface area contributed by atoms with E-state index in [1.807, 2.05) is 0 Å². The topological polar surface area (TPSA) is 0 Å². The summed E-state index contributed by atoms with van der Waals surface area (Å²) >= 11 is 15.3. The molecule has 7 aromatic rings. The van der Waals surface area contributed by atoms with Crippen LogP contribution in [0.1, 0.15) is 254 Å². The summed E-state index contributed by atoms with van der Waals surface area (Å²) in [4.78, 5) is 3.49. The maximum atomic E-state index is 2.33. The average molecular weight is 982 g/mol. The number of rotatable bonds is 36. The minimum absolute atomic E-state index is 1.30. The molecular weight excluding hydrogens is 897 g/mol. The normalized spacial score (nSPS) is 12.5. The predicted octanol–water partition coefficient (Wildman–Crippen LogP) is 23.8. The van der Waals surface area contributed by atoms with Crippen molar-refractivity contribution in [2.24, 2.45) is 0 Å². The molecule has 0 saturated carbocycles. The molecule has 0 aliphatic rings. The van der Waals surface area contributed by atoms with Gasteiger partial charge in [-0.3, -0.25) is 0 Å². The van der Waals surface area contributed by atoms with Gasteiger partial charge in [-0.1, -0.05) is 207 Å². The molecule has 7 rings (SSSR count). The van der Waals surface area contributed by atoms with Gasteiger partial charge in [0.1, 0.15) is 0 Å². The standard InChI is InChI=1S/C56H84S7/c1-5-9-13-17-21-25-29-33-37-41-43(39-35-31-27-23-19-15-11-7-3)57-47-45(41)59-51-49(47)61-55-53(51)63-54-52-50(62-56(54)55)48-46(60-52)42(38-34-30-26-22-18-14-10-6-2)44(58-48)40-36-32-28-24-20-16-12-8-4/h5-40H2,1-4H3. The Morgan fingerprint density at radius 3 is 0.635 bits per heavy atom. The van der Waals surface area contributed by atoms with Crippen molar-refractivity contribution in [2.75, 3.05) is 0 Å². The SMILES string of the molecule is CCCCCCCCCCc1sc2c(sc3c2sc2c3sc3c4sc5c(CCCCCCCCCC)c(CCCCCCCCCC)sc5c4sc32)c1CCCCCCCCCC. The van der Waals surface area contributed by atoms with E-state index < -0.39 is 0 Å². The van der Waals surface area contributed by atoms with Crippen molar-refractivity contribution in [1.29, 1.82) is 0 Å². The Morgan fingerprint density at radius 2 is 0.381 bits per heavy atom. The smallest absolute Gasteiger partial charge is 0.0652 e. The molecule has 0 aliphatic heterocycles. The quantitative estimate of drug-likeness (QED) is 0.0344. The van der Waals surface area contributed by atoms with Crippen molar-refractivity contribution in [3.05, 3.63) is 20.9 Å². The fraction of sp³-hybridized carbons (Fsp3) is 0.714. The molecule has 0 aliphatic carbocycles. The Morgan fingerprint density at radius 1 is 0.190 bits per heavy atom. The second-order valence-electron chi connectivity index (χ2n) is 19.4. The van der Waals surface area contributed by atoms with Crippen molar-refractivity contribution >= 4 is 136 Å². The van der Waals surface area contributed by atoms with Crippen molar-refractivity contribution in [1.82, 2.24) is 0 Å². The van der Waals surface area contributed by atoms with Crippen molar-refractivity contribution in [2.45, 2.75) is 259 Å². The molecule has 350 valence electrons. The van der Waals surface area contributed by atoms with Crippen LogP contribution in [-0.2, 0) is 25.7 Å². The fourth-order valence-electron chi connectivity index (χ4n) is 10.2. The van der Waals surface area contributed by atoms with Crippen LogP contribution in [0.15, 0.2) is 0 Å². The zero-order chi connectivity index (χ0) is 43.6. The molecule has 7 aromatic heterocycles. The van der Waals surface area contributed by atoms with Gasteiger partial charge in [-0.05, 0) is 62.5 Å². The molecule has 7 heteroatoms. The third kappa shape index (κ3) is 13.4. The van der Waals surface area contributed by atoms with Crippen LogP contribution in [0.25, 0.3) is 56.4 Å². The van der Waals surface area contributed by atoms with E-state index >= 15 is 0 Å². The van der Waals surface area contributed by atoms with Crippen LogP contribution in [0, 0.1) is 0 Å². The lowest BCUT2D eigenvalue weighted by molar-refractivity contribution is 0.572. The lowest BCUT2D eigenvalue weighted by atomic mass is 10.0. The molecule has 0 radical (unpaired) electrons. The van der Waals surface area contributed by atoms with Gasteiger partial charge in [0.15, 0.2) is 0 Å². The highest BCUT2D eigenvalue weighted by Gasteiger charge is 2.26. The molecule has 0 unspecified atom stereocenters. The van der Waals surface area contributed by atoms with Gasteiger partial charge < -0.3 is 0 Å². The highest BCUT2D eigenvalue weighted by atomic mass is 32.1. The van der Waals surface area contributed by atoms with E-state index in [4.69, 9.17) is 0 Å². The molecule has 0 saturated heterocycles. The van der Waals surface area contributed by atoms with Crippen LogP contribution >= 0.6 is 79.4 Å². The van der Waals surface area contributed by atoms with Gasteiger partial charge in [0.05, 0.1) is 56.4 Å². The summed E-state index contributed by atoms with van der Waals surface area (Å²) in [6.45, 7) is 9.33. The Labute approximate surface area is 412 Å². The van der Waals surface area contributed by atoms with Crippen molar-refractivity contribution < 1.29 is 0 Å². The van der Waals surface area contributed by atoms with E-state index in [1.54, 1.807) is 77.3 Å². The Kier molecular flexibility index (Phi) is 21.9. The Hall–Kier alpha value is -0.540. The summed E-state index contributed by atoms with van der Waals surface area (Å²) in [5.74, 6) is 0. The summed E-state index contributed by atoms with van der Waals surface area (Å²) in [5, 5.41) is 0. The second kappa shape index (κ2) is 27.5. The molecule has 0 nitrogen and oxygen atoms in total. The van der Waals surface area contributed by atoms with E-state index in [2.05, 4.69) is 107 Å². The maximum absolute atomic E-state index is 2.33. The molecule has 0 fully saturated rings. The van der Waals surface area contributed by atoms with Gasteiger partial charge in [0, 0.05) is 9.75 Å². The Balaban J connectivity index is 1.10. The van der Waals surface area contributed by atoms with E-state index in [9.17, 15) is 0 Å². The summed E-state index contributed by atoms with van der Waals surface area (Å²) in [7, 11) is 0. The average Bonchev–Trinajstić information content (AvgIpc) is 4.15. The minimum atomic E-state index is 1.30. The van der Waals surface area contributed by atoms with Crippen LogP contribution in [-0.4, -0.2) is 0 Å². The minimum Gasteiger partial charge on any atom is -0.138 e. The summed E-state index contributed by atoms with van der Waals surface area (Å²) < 4.78 is 19.6. The number of hydrogen-bond donors (Lipinski definition) is 0. The molecule has 0 bridgehead atoms. The highest BCUT2D eigenvalue weighted by molar-refractivity contribution is 7.51. The maximum Gasteiger partial charge on any atom is 0.0652 e. The summed E-state index contributed by atoms with van der Waals surface area (Å²) in [5.41, 5.74) is 3.52. The van der Waals surface area contributed by atoms with Crippen LogP contribution in [0.4, 0.5) is 0 Å². The van der Waals surface area contributed by atoms with Gasteiger partial charge >= 0.3 is 0 Å². The first-order valence-corrected chi connectivity index (χ1v) is 32.6. The summed E-state index contributed by atoms with van der Waals surface area (Å²) in [6, 6.07) is 0. The van der Waals surface area contributed by atoms with Crippen LogP contribution in [0.3, 0.4) is 0 Å². The van der Waals surface area contributed by atoms with Gasteiger partial charge in [0.2, 0.25) is 0 Å². The van der Waals surface area contributed by atoms with Gasteiger partial charge in [-0.25, -0.2) is 0 Å². The number of fused-ring (bicyclic) bond motifs is 11. The third-order valence-electron chi connectivity index (χ3n) is 14.0. The second-order valence-corrected chi connectivity index (χ2v) is 26.7. The van der Waals surface area contributed by atoms with Gasteiger partial charge in [0.25, 0.3) is 0 Å². The van der Waals surface area contributed by atoms with Gasteiger partial charge in [-0.2, -0.15) is 0 Å². The van der Waals surface area contributed by atoms with E-state index in [0.717, 1.165) is 0 Å². The largest absolute Gasteiger partial charge is 0.138 e. The number of unbranched alkanes of at least 4 members (excludes halogenated alkanes) is 28. The predicted molar refractivity (Wildman–Crippen MR) is 302 cm³/mol. The van der Waals surface area contributed by atoms with E-state index in [1.165, 1.54) is 231 Å². The Bertz CT molecular complexity index is 2180. The lowest BCUT2D eigenvalue weighted by Gasteiger charge is -2.06. The molecule has 0 atom stereocenters. The zero-order valence-corrected chi connectivity index (χ0v) is 46.0. The molecule has 0 spiro atoms. The van der Waals surface area contributed by atoms with Crippen LogP contribution in [0.5, 0.6) is 0 Å². The first-order valence-electron chi connectivity index (χ1n) is 26.9. The first-order chi connectivity index (χ1) is 31.2. The van der Waals surface area contributed by atoms with Crippen molar-refractivity contribution in [3.8, 4) is 0 Å². The third-order valence-corrected chi connectivity index (χ3v) is 24.3. The highest BCUT2D eigenvalue weighted by Crippen LogP contribution is 2.58. The van der Waals surface area contributed by atoms with Crippen molar-refractivity contribution in [3.63, 3.8) is 0 Å². The number of aryl methyl sites for hydroxylation is 4. The number of hydrogen-bond acceptors (Lipinski definition) is 7. The molecule has 0 aromatic carbocycles. The van der Waals surface area contributed by atoms with E-state index in [0.29, 0.717) is 0 Å². The molecule has 63 heavy (non-hydrogen) atoms. The van der Waals surface area contributed by atoms with Crippen LogP contribution in [0.2, 0.25) is 0 Å². The fourth-order valence-corrected chi connectivity index (χ4v) is 21.4. The lowest BCUT2D eigenvalue weighted by Crippen LogP contribution is -1.91. The first kappa shape index (κ1) is 50.3. The molecule has 0 amide bonds. The summed E-state index contributed by atoms with van der Waals surface area (Å²) in [6.07, 6.45) is 50.3. The van der Waals surface area contributed by atoms with Crippen LogP contribution < -0.4 is 0 Å². The molecular formula is C56H84S7. The zero-order valence-electron chi connectivity index (χ0n) is 40.3. The molecule has 7 heterocycles.